The minimum absolute atomic E-state index is 0.728. The highest BCUT2D eigenvalue weighted by molar-refractivity contribution is 5.04. The Balaban J connectivity index is 1.54. The van der Waals surface area contributed by atoms with Crippen molar-refractivity contribution in [2.45, 2.75) is 77.8 Å². The van der Waals surface area contributed by atoms with E-state index >= 15 is 0 Å². The van der Waals surface area contributed by atoms with Crippen LogP contribution in [0.2, 0.25) is 0 Å². The Kier molecular flexibility index (Phi) is 3.41. The molecule has 20 heavy (non-hydrogen) atoms. The first-order chi connectivity index (χ1) is 9.65. The van der Waals surface area contributed by atoms with Crippen LogP contribution in [0.15, 0.2) is 0 Å². The summed E-state index contributed by atoms with van der Waals surface area (Å²) in [6.45, 7) is 7.44. The van der Waals surface area contributed by atoms with E-state index in [-0.39, 0.29) is 0 Å². The third kappa shape index (κ3) is 1.99. The van der Waals surface area contributed by atoms with E-state index in [0.29, 0.717) is 0 Å². The molecule has 3 aliphatic carbocycles. The van der Waals surface area contributed by atoms with Crippen molar-refractivity contribution < 1.29 is 0 Å². The Labute approximate surface area is 125 Å². The number of rotatable bonds is 0. The normalized spacial score (nSPS) is 58.6. The molecule has 4 aliphatic rings. The largest absolute Gasteiger partial charge is 0.311 e. The van der Waals surface area contributed by atoms with E-state index < -0.39 is 0 Å². The summed E-state index contributed by atoms with van der Waals surface area (Å²) < 4.78 is 0. The van der Waals surface area contributed by atoms with Gasteiger partial charge in [0, 0.05) is 12.1 Å². The summed E-state index contributed by atoms with van der Waals surface area (Å²) in [6, 6.07) is 1.57. The summed E-state index contributed by atoms with van der Waals surface area (Å²) in [5.74, 6) is 7.18. The van der Waals surface area contributed by atoms with Gasteiger partial charge in [-0.25, -0.2) is 0 Å². The second kappa shape index (κ2) is 5.00. The van der Waals surface area contributed by atoms with E-state index in [9.17, 15) is 0 Å². The van der Waals surface area contributed by atoms with Gasteiger partial charge in [0.25, 0.3) is 0 Å². The summed E-state index contributed by atoms with van der Waals surface area (Å²) in [5, 5.41) is 3.99. The van der Waals surface area contributed by atoms with Crippen LogP contribution in [0.4, 0.5) is 0 Å². The van der Waals surface area contributed by atoms with Gasteiger partial charge in [-0.1, -0.05) is 33.1 Å². The maximum Gasteiger partial charge on any atom is 0.0103 e. The Morgan fingerprint density at radius 1 is 0.700 bits per heavy atom. The Morgan fingerprint density at radius 3 is 2.35 bits per heavy atom. The van der Waals surface area contributed by atoms with Crippen LogP contribution in [0.1, 0.15) is 65.7 Å². The Hall–Kier alpha value is -0.0400. The number of piperidine rings is 1. The Bertz CT molecular complexity index is 365. The van der Waals surface area contributed by atoms with Gasteiger partial charge in [-0.2, -0.15) is 0 Å². The fourth-order valence-corrected chi connectivity index (χ4v) is 6.73. The minimum Gasteiger partial charge on any atom is -0.311 e. The third-order valence-corrected chi connectivity index (χ3v) is 8.12. The van der Waals surface area contributed by atoms with Gasteiger partial charge in [0.05, 0.1) is 0 Å². The molecule has 0 bridgehead atoms. The van der Waals surface area contributed by atoms with Crippen LogP contribution in [0.3, 0.4) is 0 Å². The van der Waals surface area contributed by atoms with E-state index in [1.165, 1.54) is 19.3 Å². The average Bonchev–Trinajstić information content (AvgIpc) is 2.81. The molecule has 1 saturated heterocycles. The number of fused-ring (bicyclic) bond motifs is 4. The molecular formula is C19H33N. The minimum atomic E-state index is 0.728. The lowest BCUT2D eigenvalue weighted by Crippen LogP contribution is -2.57. The summed E-state index contributed by atoms with van der Waals surface area (Å²) >= 11 is 0. The van der Waals surface area contributed by atoms with Gasteiger partial charge in [0.1, 0.15) is 0 Å². The standard InChI is InChI=1S/C19H33N/c1-11-12(2)17-10-18-15(9-19(17)20-13(11)3)8-14-6-4-5-7-16(14)18/h11-20H,4-10H2,1-3H3. The van der Waals surface area contributed by atoms with Crippen molar-refractivity contribution in [2.24, 2.45) is 41.4 Å². The van der Waals surface area contributed by atoms with Gasteiger partial charge in [0.2, 0.25) is 0 Å². The predicted octanol–water partition coefficient (Wildman–Crippen LogP) is 4.47. The van der Waals surface area contributed by atoms with Gasteiger partial charge >= 0.3 is 0 Å². The zero-order chi connectivity index (χ0) is 13.9. The first kappa shape index (κ1) is 13.6. The maximum absolute atomic E-state index is 3.99. The van der Waals surface area contributed by atoms with Crippen molar-refractivity contribution in [3.63, 3.8) is 0 Å². The molecule has 3 saturated carbocycles. The van der Waals surface area contributed by atoms with Crippen molar-refractivity contribution in [3.05, 3.63) is 0 Å². The van der Waals surface area contributed by atoms with Gasteiger partial charge in [-0.05, 0) is 74.0 Å². The van der Waals surface area contributed by atoms with Crippen LogP contribution in [0.5, 0.6) is 0 Å². The lowest BCUT2D eigenvalue weighted by Gasteiger charge is -2.51. The zero-order valence-corrected chi connectivity index (χ0v) is 13.6. The van der Waals surface area contributed by atoms with Crippen LogP contribution in [0.25, 0.3) is 0 Å². The first-order valence-corrected chi connectivity index (χ1v) is 9.41. The van der Waals surface area contributed by atoms with Gasteiger partial charge in [-0.3, -0.25) is 0 Å². The lowest BCUT2D eigenvalue weighted by atomic mass is 9.61. The molecule has 4 rings (SSSR count). The van der Waals surface area contributed by atoms with Crippen LogP contribution in [0, 0.1) is 41.4 Å². The number of hydrogen-bond donors (Lipinski definition) is 1. The van der Waals surface area contributed by atoms with Crippen molar-refractivity contribution >= 4 is 0 Å². The van der Waals surface area contributed by atoms with Gasteiger partial charge in [-0.15, -0.1) is 0 Å². The van der Waals surface area contributed by atoms with Crippen LogP contribution < -0.4 is 5.32 Å². The van der Waals surface area contributed by atoms with Crippen LogP contribution >= 0.6 is 0 Å². The molecule has 0 aromatic carbocycles. The van der Waals surface area contributed by atoms with E-state index in [1.807, 2.05) is 0 Å². The number of hydrogen-bond acceptors (Lipinski definition) is 1. The zero-order valence-electron chi connectivity index (χ0n) is 13.6. The molecule has 1 heteroatoms. The maximum atomic E-state index is 3.99. The molecule has 1 heterocycles. The quantitative estimate of drug-likeness (QED) is 0.687. The molecule has 0 aromatic heterocycles. The summed E-state index contributed by atoms with van der Waals surface area (Å²) in [7, 11) is 0. The van der Waals surface area contributed by atoms with E-state index in [1.54, 1.807) is 25.7 Å². The molecule has 9 unspecified atom stereocenters. The summed E-state index contributed by atoms with van der Waals surface area (Å²) in [5.41, 5.74) is 0. The molecule has 1 aliphatic heterocycles. The smallest absolute Gasteiger partial charge is 0.0103 e. The molecule has 1 N–H and O–H groups in total. The van der Waals surface area contributed by atoms with Gasteiger partial charge < -0.3 is 5.32 Å². The highest BCUT2D eigenvalue weighted by atomic mass is 15.0. The predicted molar refractivity (Wildman–Crippen MR) is 84.5 cm³/mol. The first-order valence-electron chi connectivity index (χ1n) is 9.41. The van der Waals surface area contributed by atoms with Crippen LogP contribution in [-0.2, 0) is 0 Å². The fourth-order valence-electron chi connectivity index (χ4n) is 6.73. The molecule has 1 nitrogen and oxygen atoms in total. The molecule has 114 valence electrons. The van der Waals surface area contributed by atoms with Gasteiger partial charge in [0.15, 0.2) is 0 Å². The van der Waals surface area contributed by atoms with E-state index in [0.717, 1.165) is 53.5 Å². The average molecular weight is 275 g/mol. The summed E-state index contributed by atoms with van der Waals surface area (Å²) in [4.78, 5) is 0. The van der Waals surface area contributed by atoms with Crippen molar-refractivity contribution in [1.29, 1.82) is 0 Å². The van der Waals surface area contributed by atoms with Crippen LogP contribution in [-0.4, -0.2) is 12.1 Å². The van der Waals surface area contributed by atoms with Crippen molar-refractivity contribution in [1.82, 2.24) is 5.32 Å². The summed E-state index contributed by atoms with van der Waals surface area (Å²) in [6.07, 6.45) is 10.8. The SMILES string of the molecule is CC1NC2CC3CC4CCCCC4C3CC2C(C)C1C. The number of nitrogens with one attached hydrogen (secondary N) is 1. The topological polar surface area (TPSA) is 12.0 Å². The molecule has 4 fully saturated rings. The third-order valence-electron chi connectivity index (χ3n) is 8.12. The van der Waals surface area contributed by atoms with E-state index in [2.05, 4.69) is 26.1 Å². The Morgan fingerprint density at radius 2 is 1.50 bits per heavy atom. The highest BCUT2D eigenvalue weighted by Gasteiger charge is 2.51. The second-order valence-electron chi connectivity index (χ2n) is 8.78. The van der Waals surface area contributed by atoms with Crippen molar-refractivity contribution in [2.75, 3.05) is 0 Å². The van der Waals surface area contributed by atoms with E-state index in [4.69, 9.17) is 0 Å². The molecular weight excluding hydrogens is 242 g/mol. The monoisotopic (exact) mass is 275 g/mol. The molecule has 0 spiro atoms. The molecule has 0 aromatic rings. The molecule has 0 radical (unpaired) electrons. The second-order valence-corrected chi connectivity index (χ2v) is 8.78. The fraction of sp³-hybridized carbons (Fsp3) is 1.00. The molecule has 9 atom stereocenters. The molecule has 0 amide bonds. The highest BCUT2D eigenvalue weighted by Crippen LogP contribution is 2.57. The lowest BCUT2D eigenvalue weighted by molar-refractivity contribution is 0.0222. The van der Waals surface area contributed by atoms with Crippen molar-refractivity contribution in [3.8, 4) is 0 Å².